The van der Waals surface area contributed by atoms with Crippen LogP contribution in [0, 0.1) is 6.92 Å². The summed E-state index contributed by atoms with van der Waals surface area (Å²) < 4.78 is 4.74. The van der Waals surface area contributed by atoms with E-state index in [1.165, 1.54) is 11.8 Å². The Morgan fingerprint density at radius 2 is 2.23 bits per heavy atom. The topological polar surface area (TPSA) is 73.3 Å². The van der Waals surface area contributed by atoms with Crippen LogP contribution in [0.3, 0.4) is 0 Å². The van der Waals surface area contributed by atoms with Crippen LogP contribution >= 0.6 is 11.8 Å². The third-order valence-corrected chi connectivity index (χ3v) is 2.27. The van der Waals surface area contributed by atoms with E-state index in [1.807, 2.05) is 0 Å². The molecule has 1 aromatic heterocycles. The van der Waals surface area contributed by atoms with Crippen molar-refractivity contribution in [1.29, 1.82) is 0 Å². The Morgan fingerprint density at radius 3 is 2.69 bits per heavy atom. The molecule has 0 radical (unpaired) electrons. The van der Waals surface area contributed by atoms with Crippen molar-refractivity contribution >= 4 is 17.7 Å². The molecule has 0 bridgehead atoms. The third-order valence-electron chi connectivity index (χ3n) is 1.50. The van der Waals surface area contributed by atoms with Crippen molar-refractivity contribution in [3.63, 3.8) is 0 Å². The molecule has 0 aliphatic rings. The van der Waals surface area contributed by atoms with Gasteiger partial charge >= 0.3 is 5.63 Å². The highest BCUT2D eigenvalue weighted by atomic mass is 32.2. The molecular formula is C8H9NO3S. The molecule has 2 N–H and O–H groups in total. The number of hydrogen-bond acceptors (Lipinski definition) is 4. The number of carbonyl (C=O) groups is 1. The number of thioether (sulfide) groups is 1. The molecule has 0 atom stereocenters. The Hall–Kier alpha value is -1.23. The van der Waals surface area contributed by atoms with Gasteiger partial charge in [-0.25, -0.2) is 4.79 Å². The van der Waals surface area contributed by atoms with Crippen molar-refractivity contribution in [2.45, 2.75) is 11.8 Å². The summed E-state index contributed by atoms with van der Waals surface area (Å²) in [5.74, 6) is -0.280. The van der Waals surface area contributed by atoms with Gasteiger partial charge < -0.3 is 10.2 Å². The summed E-state index contributed by atoms with van der Waals surface area (Å²) in [7, 11) is 0. The number of primary amides is 1. The molecule has 0 aromatic carbocycles. The van der Waals surface area contributed by atoms with Crippen molar-refractivity contribution < 1.29 is 9.21 Å². The molecule has 0 fully saturated rings. The van der Waals surface area contributed by atoms with Crippen molar-refractivity contribution in [2.24, 2.45) is 5.73 Å². The van der Waals surface area contributed by atoms with E-state index in [1.54, 1.807) is 19.2 Å². The smallest absolute Gasteiger partial charge is 0.349 e. The molecule has 1 aromatic rings. The number of hydrogen-bond donors (Lipinski definition) is 1. The maximum absolute atomic E-state index is 11.2. The Balaban J connectivity index is 3.48. The van der Waals surface area contributed by atoms with E-state index in [0.29, 0.717) is 10.7 Å². The van der Waals surface area contributed by atoms with Crippen LogP contribution < -0.4 is 11.4 Å². The van der Waals surface area contributed by atoms with Crippen molar-refractivity contribution in [3.05, 3.63) is 27.8 Å². The SMILES string of the molecule is CSc1cc(C)oc(=O)c1C(N)=O. The average Bonchev–Trinajstić information content (AvgIpc) is 2.01. The number of nitrogens with two attached hydrogens (primary N) is 1. The first-order valence-electron chi connectivity index (χ1n) is 3.54. The van der Waals surface area contributed by atoms with Crippen LogP contribution in [-0.2, 0) is 0 Å². The number of rotatable bonds is 2. The van der Waals surface area contributed by atoms with Crippen molar-refractivity contribution in [2.75, 3.05) is 6.26 Å². The molecule has 1 heterocycles. The van der Waals surface area contributed by atoms with Gasteiger partial charge in [0.2, 0.25) is 0 Å². The first kappa shape index (κ1) is 9.85. The second-order valence-corrected chi connectivity index (χ2v) is 3.30. The van der Waals surface area contributed by atoms with Gasteiger partial charge in [0, 0.05) is 4.90 Å². The van der Waals surface area contributed by atoms with Crippen molar-refractivity contribution in [3.8, 4) is 0 Å². The van der Waals surface area contributed by atoms with E-state index in [4.69, 9.17) is 10.2 Å². The van der Waals surface area contributed by atoms with Crippen LogP contribution in [0.1, 0.15) is 16.1 Å². The Labute approximate surface area is 79.1 Å². The maximum Gasteiger partial charge on any atom is 0.349 e. The maximum atomic E-state index is 11.2. The zero-order chi connectivity index (χ0) is 10.0. The van der Waals surface area contributed by atoms with E-state index >= 15 is 0 Å². The number of amides is 1. The third kappa shape index (κ3) is 1.92. The molecule has 0 aliphatic carbocycles. The second kappa shape index (κ2) is 3.66. The minimum atomic E-state index is -0.752. The van der Waals surface area contributed by atoms with Crippen LogP contribution in [0.25, 0.3) is 0 Å². The molecule has 70 valence electrons. The molecule has 4 nitrogen and oxygen atoms in total. The first-order valence-corrected chi connectivity index (χ1v) is 4.77. The lowest BCUT2D eigenvalue weighted by Gasteiger charge is -2.01. The number of aryl methyl sites for hydroxylation is 1. The predicted octanol–water partition coefficient (Wildman–Crippen LogP) is 0.769. The predicted molar refractivity (Wildman–Crippen MR) is 50.0 cm³/mol. The van der Waals surface area contributed by atoms with E-state index in [2.05, 4.69) is 0 Å². The van der Waals surface area contributed by atoms with Gasteiger partial charge in [0.25, 0.3) is 5.91 Å². The minimum absolute atomic E-state index is 0.0712. The molecule has 1 amide bonds. The molecule has 0 spiro atoms. The summed E-state index contributed by atoms with van der Waals surface area (Å²) >= 11 is 1.29. The molecule has 0 aliphatic heterocycles. The van der Waals surface area contributed by atoms with Gasteiger partial charge in [0.1, 0.15) is 11.3 Å². The lowest BCUT2D eigenvalue weighted by atomic mass is 10.2. The molecule has 0 saturated heterocycles. The van der Waals surface area contributed by atoms with E-state index in [0.717, 1.165) is 0 Å². The first-order chi connectivity index (χ1) is 6.06. The number of carbonyl (C=O) groups excluding carboxylic acids is 1. The van der Waals surface area contributed by atoms with Crippen LogP contribution in [0.5, 0.6) is 0 Å². The Bertz CT molecular complexity index is 397. The summed E-state index contributed by atoms with van der Waals surface area (Å²) in [6.45, 7) is 1.64. The zero-order valence-electron chi connectivity index (χ0n) is 7.29. The van der Waals surface area contributed by atoms with E-state index in [9.17, 15) is 9.59 Å². The summed E-state index contributed by atoms with van der Waals surface area (Å²) in [6, 6.07) is 1.62. The van der Waals surface area contributed by atoms with Crippen LogP contribution in [0.2, 0.25) is 0 Å². The standard InChI is InChI=1S/C8H9NO3S/c1-4-3-5(13-2)6(7(9)10)8(11)12-4/h3H,1-2H3,(H2,9,10). The lowest BCUT2D eigenvalue weighted by molar-refractivity contribution is 0.0993. The normalized spacial score (nSPS) is 10.0. The fourth-order valence-corrected chi connectivity index (χ4v) is 1.64. The lowest BCUT2D eigenvalue weighted by Crippen LogP contribution is -2.22. The largest absolute Gasteiger partial charge is 0.428 e. The van der Waals surface area contributed by atoms with Crippen LogP contribution in [0.4, 0.5) is 0 Å². The van der Waals surface area contributed by atoms with Crippen LogP contribution in [0.15, 0.2) is 20.2 Å². The van der Waals surface area contributed by atoms with Gasteiger partial charge in [0.05, 0.1) is 0 Å². The van der Waals surface area contributed by atoms with Gasteiger partial charge in [-0.05, 0) is 19.2 Å². The van der Waals surface area contributed by atoms with Gasteiger partial charge in [-0.15, -0.1) is 11.8 Å². The van der Waals surface area contributed by atoms with Gasteiger partial charge in [-0.3, -0.25) is 4.79 Å². The fraction of sp³-hybridized carbons (Fsp3) is 0.250. The average molecular weight is 199 g/mol. The molecule has 0 unspecified atom stereocenters. The second-order valence-electron chi connectivity index (χ2n) is 2.45. The van der Waals surface area contributed by atoms with Gasteiger partial charge in [-0.1, -0.05) is 0 Å². The highest BCUT2D eigenvalue weighted by molar-refractivity contribution is 7.98. The molecule has 5 heteroatoms. The van der Waals surface area contributed by atoms with Gasteiger partial charge in [-0.2, -0.15) is 0 Å². The van der Waals surface area contributed by atoms with E-state index in [-0.39, 0.29) is 5.56 Å². The van der Waals surface area contributed by atoms with E-state index < -0.39 is 11.5 Å². The summed E-state index contributed by atoms with van der Waals surface area (Å²) in [5.41, 5.74) is 4.29. The zero-order valence-corrected chi connectivity index (χ0v) is 8.10. The fourth-order valence-electron chi connectivity index (χ4n) is 0.967. The van der Waals surface area contributed by atoms with Crippen molar-refractivity contribution in [1.82, 2.24) is 0 Å². The highest BCUT2D eigenvalue weighted by Gasteiger charge is 2.14. The quantitative estimate of drug-likeness (QED) is 0.714. The summed E-state index contributed by atoms with van der Waals surface area (Å²) in [4.78, 5) is 22.6. The summed E-state index contributed by atoms with van der Waals surface area (Å²) in [6.07, 6.45) is 1.76. The molecule has 1 rings (SSSR count). The Morgan fingerprint density at radius 1 is 1.62 bits per heavy atom. The van der Waals surface area contributed by atoms with Crippen LogP contribution in [-0.4, -0.2) is 12.2 Å². The monoisotopic (exact) mass is 199 g/mol. The molecular weight excluding hydrogens is 190 g/mol. The Kier molecular flexibility index (Phi) is 2.77. The minimum Gasteiger partial charge on any atom is -0.428 e. The highest BCUT2D eigenvalue weighted by Crippen LogP contribution is 2.18. The van der Waals surface area contributed by atoms with Gasteiger partial charge in [0.15, 0.2) is 0 Å². The summed E-state index contributed by atoms with van der Waals surface area (Å²) in [5, 5.41) is 0. The molecule has 13 heavy (non-hydrogen) atoms. The molecule has 0 saturated carbocycles.